The number of aryl methyl sites for hydroxylation is 1. The first-order valence-electron chi connectivity index (χ1n) is 11.7. The molecule has 0 aliphatic carbocycles. The predicted molar refractivity (Wildman–Crippen MR) is 139 cm³/mol. The van der Waals surface area contributed by atoms with Crippen molar-refractivity contribution in [2.45, 2.75) is 25.7 Å². The minimum Gasteiger partial charge on any atom is -0.493 e. The molecule has 1 amide bonds. The zero-order valence-corrected chi connectivity index (χ0v) is 20.1. The van der Waals surface area contributed by atoms with Crippen molar-refractivity contribution < 1.29 is 9.53 Å². The smallest absolute Gasteiger partial charge is 0.226 e. The van der Waals surface area contributed by atoms with Gasteiger partial charge >= 0.3 is 0 Å². The fourth-order valence-electron chi connectivity index (χ4n) is 4.73. The molecule has 35 heavy (non-hydrogen) atoms. The van der Waals surface area contributed by atoms with Crippen LogP contribution in [-0.4, -0.2) is 27.3 Å². The van der Waals surface area contributed by atoms with Crippen LogP contribution in [0, 0.1) is 6.92 Å². The molecule has 0 unspecified atom stereocenters. The number of fused-ring (bicyclic) bond motifs is 2. The lowest BCUT2D eigenvalue weighted by Gasteiger charge is -2.25. The summed E-state index contributed by atoms with van der Waals surface area (Å²) >= 11 is 1.56. The Morgan fingerprint density at radius 2 is 1.80 bits per heavy atom. The molecule has 0 saturated heterocycles. The Morgan fingerprint density at radius 3 is 2.66 bits per heavy atom. The first-order chi connectivity index (χ1) is 17.2. The molecule has 174 valence electrons. The molecule has 3 heterocycles. The van der Waals surface area contributed by atoms with Gasteiger partial charge in [-0.3, -0.25) is 4.79 Å². The molecule has 1 aliphatic rings. The minimum absolute atomic E-state index is 0.0381. The number of thiazole rings is 1. The van der Waals surface area contributed by atoms with E-state index in [1.165, 1.54) is 5.56 Å². The number of hydrogen-bond donors (Lipinski definition) is 1. The van der Waals surface area contributed by atoms with E-state index in [4.69, 9.17) is 14.8 Å². The van der Waals surface area contributed by atoms with Gasteiger partial charge in [-0.1, -0.05) is 72.0 Å². The standard InChI is InChI=1S/C28H24N4O2S/c1-18-26-21(20-11-5-7-13-23(20)34-16-15-19-9-3-2-4-10-19)17-25(33)30-27(26)32(31-18)28-29-22-12-6-8-14-24(22)35-28/h2-14,21H,15-17H2,1H3,(H,30,33)/t21-/m1/s1. The normalized spacial score (nSPS) is 15.1. The van der Waals surface area contributed by atoms with Gasteiger partial charge < -0.3 is 10.1 Å². The zero-order chi connectivity index (χ0) is 23.8. The average molecular weight is 481 g/mol. The van der Waals surface area contributed by atoms with E-state index in [0.29, 0.717) is 18.8 Å². The quantitative estimate of drug-likeness (QED) is 0.329. The largest absolute Gasteiger partial charge is 0.493 e. The van der Waals surface area contributed by atoms with E-state index in [2.05, 4.69) is 23.5 Å². The van der Waals surface area contributed by atoms with Gasteiger partial charge in [-0.05, 0) is 30.7 Å². The van der Waals surface area contributed by atoms with Crippen LogP contribution >= 0.6 is 11.3 Å². The Bertz CT molecular complexity index is 1490. The number of anilines is 1. The molecule has 2 aromatic heterocycles. The molecule has 3 aromatic carbocycles. The summed E-state index contributed by atoms with van der Waals surface area (Å²) in [5, 5.41) is 8.61. The van der Waals surface area contributed by atoms with Crippen molar-refractivity contribution in [2.24, 2.45) is 0 Å². The van der Waals surface area contributed by atoms with Gasteiger partial charge in [0.1, 0.15) is 11.6 Å². The molecule has 1 N–H and O–H groups in total. The van der Waals surface area contributed by atoms with Crippen LogP contribution < -0.4 is 10.1 Å². The van der Waals surface area contributed by atoms with Gasteiger partial charge in [0.25, 0.3) is 0 Å². The molecule has 0 bridgehead atoms. The van der Waals surface area contributed by atoms with E-state index >= 15 is 0 Å². The molecular formula is C28H24N4O2S. The van der Waals surface area contributed by atoms with E-state index in [9.17, 15) is 4.79 Å². The number of ether oxygens (including phenoxy) is 1. The Kier molecular flexibility index (Phi) is 5.54. The Hall–Kier alpha value is -3.97. The third-order valence-corrected chi connectivity index (χ3v) is 7.36. The number of benzene rings is 3. The van der Waals surface area contributed by atoms with Crippen LogP contribution in [0.15, 0.2) is 78.9 Å². The highest BCUT2D eigenvalue weighted by Crippen LogP contribution is 2.43. The second kappa shape index (κ2) is 9.00. The topological polar surface area (TPSA) is 69.0 Å². The van der Waals surface area contributed by atoms with Gasteiger partial charge in [0.15, 0.2) is 0 Å². The second-order valence-electron chi connectivity index (χ2n) is 8.65. The molecule has 1 aliphatic heterocycles. The van der Waals surface area contributed by atoms with Crippen LogP contribution in [-0.2, 0) is 11.2 Å². The summed E-state index contributed by atoms with van der Waals surface area (Å²) in [6, 6.07) is 26.3. The summed E-state index contributed by atoms with van der Waals surface area (Å²) in [4.78, 5) is 17.6. The minimum atomic E-state index is -0.144. The molecule has 0 fully saturated rings. The van der Waals surface area contributed by atoms with Crippen LogP contribution in [0.25, 0.3) is 15.3 Å². The Labute approximate surface area is 207 Å². The third-order valence-electron chi connectivity index (χ3n) is 6.35. The van der Waals surface area contributed by atoms with E-state index in [1.54, 1.807) is 16.0 Å². The SMILES string of the molecule is Cc1nn(-c2nc3ccccc3s2)c2c1[C@@H](c1ccccc1OCCc1ccccc1)CC(=O)N2. The molecular weight excluding hydrogens is 456 g/mol. The van der Waals surface area contributed by atoms with Crippen molar-refractivity contribution in [3.63, 3.8) is 0 Å². The van der Waals surface area contributed by atoms with E-state index in [0.717, 1.165) is 44.3 Å². The monoisotopic (exact) mass is 480 g/mol. The highest BCUT2D eigenvalue weighted by molar-refractivity contribution is 7.20. The zero-order valence-electron chi connectivity index (χ0n) is 19.3. The second-order valence-corrected chi connectivity index (χ2v) is 9.66. The van der Waals surface area contributed by atoms with Crippen molar-refractivity contribution in [1.29, 1.82) is 0 Å². The molecule has 0 spiro atoms. The number of hydrogen-bond acceptors (Lipinski definition) is 5. The maximum absolute atomic E-state index is 12.9. The average Bonchev–Trinajstić information content (AvgIpc) is 3.45. The maximum atomic E-state index is 12.9. The lowest BCUT2D eigenvalue weighted by atomic mass is 9.85. The van der Waals surface area contributed by atoms with Gasteiger partial charge in [0, 0.05) is 29.9 Å². The number of amides is 1. The number of nitrogens with one attached hydrogen (secondary N) is 1. The first kappa shape index (κ1) is 21.6. The fourth-order valence-corrected chi connectivity index (χ4v) is 5.65. The van der Waals surface area contributed by atoms with Crippen molar-refractivity contribution in [2.75, 3.05) is 11.9 Å². The van der Waals surface area contributed by atoms with Crippen LogP contribution in [0.2, 0.25) is 0 Å². The van der Waals surface area contributed by atoms with E-state index in [-0.39, 0.29) is 11.8 Å². The Balaban J connectivity index is 1.35. The van der Waals surface area contributed by atoms with Crippen LogP contribution in [0.1, 0.15) is 34.7 Å². The van der Waals surface area contributed by atoms with E-state index in [1.807, 2.05) is 67.6 Å². The summed E-state index contributed by atoms with van der Waals surface area (Å²) in [6.45, 7) is 2.56. The van der Waals surface area contributed by atoms with Crippen molar-refractivity contribution in [3.05, 3.63) is 101 Å². The molecule has 6 nitrogen and oxygen atoms in total. The first-order valence-corrected chi connectivity index (χ1v) is 12.5. The number of aromatic nitrogens is 3. The van der Waals surface area contributed by atoms with Gasteiger partial charge in [-0.15, -0.1) is 0 Å². The van der Waals surface area contributed by atoms with Crippen molar-refractivity contribution in [3.8, 4) is 10.9 Å². The predicted octanol–water partition coefficient (Wildman–Crippen LogP) is 5.89. The highest BCUT2D eigenvalue weighted by Gasteiger charge is 2.34. The van der Waals surface area contributed by atoms with Gasteiger partial charge in [0.05, 0.1) is 22.5 Å². The summed E-state index contributed by atoms with van der Waals surface area (Å²) in [6.07, 6.45) is 1.17. The molecule has 7 heteroatoms. The summed E-state index contributed by atoms with van der Waals surface area (Å²) < 4.78 is 9.11. The summed E-state index contributed by atoms with van der Waals surface area (Å²) in [5.74, 6) is 1.32. The van der Waals surface area contributed by atoms with Crippen molar-refractivity contribution in [1.82, 2.24) is 14.8 Å². The van der Waals surface area contributed by atoms with Crippen molar-refractivity contribution >= 4 is 33.3 Å². The van der Waals surface area contributed by atoms with Gasteiger partial charge in [-0.25, -0.2) is 4.98 Å². The van der Waals surface area contributed by atoms with Gasteiger partial charge in [0.2, 0.25) is 11.0 Å². The molecule has 0 radical (unpaired) electrons. The van der Waals surface area contributed by atoms with Gasteiger partial charge in [-0.2, -0.15) is 9.78 Å². The molecule has 1 atom stereocenters. The molecule has 0 saturated carbocycles. The third kappa shape index (κ3) is 4.08. The highest BCUT2D eigenvalue weighted by atomic mass is 32.1. The van der Waals surface area contributed by atoms with Crippen LogP contribution in [0.3, 0.4) is 0 Å². The molecule has 6 rings (SSSR count). The number of carbonyl (C=O) groups is 1. The van der Waals surface area contributed by atoms with Crippen LogP contribution in [0.4, 0.5) is 5.82 Å². The van der Waals surface area contributed by atoms with Crippen LogP contribution in [0.5, 0.6) is 5.75 Å². The Morgan fingerprint density at radius 1 is 1.03 bits per heavy atom. The lowest BCUT2D eigenvalue weighted by Crippen LogP contribution is -2.25. The number of carbonyl (C=O) groups excluding carboxylic acids is 1. The molecule has 5 aromatic rings. The number of nitrogens with zero attached hydrogens (tertiary/aromatic N) is 3. The summed E-state index contributed by atoms with van der Waals surface area (Å²) in [7, 11) is 0. The van der Waals surface area contributed by atoms with E-state index < -0.39 is 0 Å². The summed E-state index contributed by atoms with van der Waals surface area (Å²) in [5.41, 5.74) is 5.05. The lowest BCUT2D eigenvalue weighted by molar-refractivity contribution is -0.116. The maximum Gasteiger partial charge on any atom is 0.226 e. The number of rotatable bonds is 6. The fraction of sp³-hybridized carbons (Fsp3) is 0.179. The number of para-hydroxylation sites is 2.